The maximum absolute atomic E-state index is 10.4. The van der Waals surface area contributed by atoms with Gasteiger partial charge in [-0.15, -0.1) is 24.8 Å². The van der Waals surface area contributed by atoms with Gasteiger partial charge in [0.1, 0.15) is 11.9 Å². The maximum Gasteiger partial charge on any atom is 0.320 e. The van der Waals surface area contributed by atoms with Crippen LogP contribution in [0.1, 0.15) is 11.5 Å². The minimum Gasteiger partial charge on any atom is -0.480 e. The van der Waals surface area contributed by atoms with E-state index >= 15 is 0 Å². The van der Waals surface area contributed by atoms with E-state index in [9.17, 15) is 4.79 Å². The third-order valence-electron chi connectivity index (χ3n) is 1.51. The van der Waals surface area contributed by atoms with E-state index < -0.39 is 12.0 Å². The Morgan fingerprint density at radius 2 is 2.29 bits per heavy atom. The number of aliphatic carboxylic acids is 1. The van der Waals surface area contributed by atoms with E-state index in [0.717, 1.165) is 11.5 Å². The number of hydrogen-bond donors (Lipinski definition) is 3. The molecule has 1 atom stereocenters. The topological polar surface area (TPSA) is 92.0 Å². The van der Waals surface area contributed by atoms with Crippen molar-refractivity contribution >= 4 is 30.8 Å². The molecule has 0 aliphatic carbocycles. The van der Waals surface area contributed by atoms with Gasteiger partial charge in [0.05, 0.1) is 0 Å². The first kappa shape index (κ1) is 15.7. The predicted octanol–water partition coefficient (Wildman–Crippen LogP) is 0.516. The van der Waals surface area contributed by atoms with Gasteiger partial charge in [0.25, 0.3) is 0 Å². The Kier molecular flexibility index (Phi) is 7.44. The van der Waals surface area contributed by atoms with E-state index in [2.05, 4.69) is 9.97 Å². The van der Waals surface area contributed by atoms with Crippen LogP contribution in [0.15, 0.2) is 6.20 Å². The highest BCUT2D eigenvalue weighted by atomic mass is 35.5. The number of aromatic nitrogens is 2. The third kappa shape index (κ3) is 4.45. The first-order valence-corrected chi connectivity index (χ1v) is 3.58. The van der Waals surface area contributed by atoms with Crippen LogP contribution >= 0.6 is 24.8 Å². The van der Waals surface area contributed by atoms with Crippen LogP contribution in [-0.2, 0) is 11.2 Å². The Labute approximate surface area is 93.9 Å². The summed E-state index contributed by atoms with van der Waals surface area (Å²) in [4.78, 5) is 17.2. The van der Waals surface area contributed by atoms with Gasteiger partial charge < -0.3 is 15.8 Å². The van der Waals surface area contributed by atoms with Gasteiger partial charge in [-0.3, -0.25) is 4.79 Å². The van der Waals surface area contributed by atoms with Crippen LogP contribution < -0.4 is 5.73 Å². The molecule has 1 aromatic rings. The summed E-state index contributed by atoms with van der Waals surface area (Å²) in [6.45, 7) is 1.80. The molecule has 0 aliphatic rings. The zero-order valence-corrected chi connectivity index (χ0v) is 9.19. The molecule has 0 fully saturated rings. The molecule has 1 heterocycles. The van der Waals surface area contributed by atoms with E-state index in [1.165, 1.54) is 0 Å². The van der Waals surface area contributed by atoms with E-state index in [1.54, 1.807) is 13.1 Å². The van der Waals surface area contributed by atoms with E-state index in [4.69, 9.17) is 10.8 Å². The first-order valence-electron chi connectivity index (χ1n) is 3.58. The first-order chi connectivity index (χ1) is 5.59. The van der Waals surface area contributed by atoms with Crippen molar-refractivity contribution in [2.24, 2.45) is 5.73 Å². The average molecular weight is 242 g/mol. The number of nitrogens with zero attached hydrogens (tertiary/aromatic N) is 1. The second-order valence-corrected chi connectivity index (χ2v) is 2.64. The van der Waals surface area contributed by atoms with Crippen molar-refractivity contribution in [3.63, 3.8) is 0 Å². The van der Waals surface area contributed by atoms with Crippen molar-refractivity contribution in [1.82, 2.24) is 9.97 Å². The minimum atomic E-state index is -0.998. The number of nitrogens with two attached hydrogens (primary N) is 1. The van der Waals surface area contributed by atoms with Crippen LogP contribution in [0.4, 0.5) is 0 Å². The van der Waals surface area contributed by atoms with Gasteiger partial charge in [-0.2, -0.15) is 0 Å². The van der Waals surface area contributed by atoms with E-state index in [0.29, 0.717) is 0 Å². The van der Waals surface area contributed by atoms with Gasteiger partial charge in [0, 0.05) is 18.3 Å². The molecule has 0 spiro atoms. The molecule has 1 aromatic heterocycles. The zero-order chi connectivity index (χ0) is 9.14. The number of aryl methyl sites for hydroxylation is 1. The maximum atomic E-state index is 10.4. The van der Waals surface area contributed by atoms with Crippen molar-refractivity contribution in [2.45, 2.75) is 19.4 Å². The molecule has 0 unspecified atom stereocenters. The summed E-state index contributed by atoms with van der Waals surface area (Å²) in [6, 6.07) is -0.857. The van der Waals surface area contributed by atoms with Crippen molar-refractivity contribution in [2.75, 3.05) is 0 Å². The Hall–Kier alpha value is -0.780. The summed E-state index contributed by atoms with van der Waals surface area (Å²) in [5.74, 6) is -0.232. The Balaban J connectivity index is 0. The molecular weight excluding hydrogens is 229 g/mol. The molecule has 0 amide bonds. The minimum absolute atomic E-state index is 0. The number of hydrogen-bond acceptors (Lipinski definition) is 3. The second-order valence-electron chi connectivity index (χ2n) is 2.64. The smallest absolute Gasteiger partial charge is 0.320 e. The summed E-state index contributed by atoms with van der Waals surface area (Å²) in [6.07, 6.45) is 1.88. The summed E-state index contributed by atoms with van der Waals surface area (Å²) >= 11 is 0. The molecule has 1 rings (SSSR count). The largest absolute Gasteiger partial charge is 0.480 e. The summed E-state index contributed by atoms with van der Waals surface area (Å²) in [5.41, 5.74) is 6.06. The molecule has 0 bridgehead atoms. The predicted molar refractivity (Wildman–Crippen MR) is 57.1 cm³/mol. The van der Waals surface area contributed by atoms with Crippen molar-refractivity contribution < 1.29 is 9.90 Å². The quantitative estimate of drug-likeness (QED) is 0.720. The number of carboxylic acids is 1. The molecule has 14 heavy (non-hydrogen) atoms. The van der Waals surface area contributed by atoms with Crippen LogP contribution in [-0.4, -0.2) is 27.1 Å². The van der Waals surface area contributed by atoms with Gasteiger partial charge >= 0.3 is 5.97 Å². The lowest BCUT2D eigenvalue weighted by Gasteiger charge is -2.02. The van der Waals surface area contributed by atoms with Gasteiger partial charge in [-0.05, 0) is 6.92 Å². The van der Waals surface area contributed by atoms with Crippen LogP contribution in [0, 0.1) is 6.92 Å². The third-order valence-corrected chi connectivity index (χ3v) is 1.51. The van der Waals surface area contributed by atoms with Crippen LogP contribution in [0.5, 0.6) is 0 Å². The highest BCUT2D eigenvalue weighted by molar-refractivity contribution is 5.85. The second kappa shape index (κ2) is 6.64. The molecule has 5 nitrogen and oxygen atoms in total. The van der Waals surface area contributed by atoms with Gasteiger partial charge in [-0.1, -0.05) is 0 Å². The van der Waals surface area contributed by atoms with Crippen molar-refractivity contribution in [3.8, 4) is 0 Å². The molecular formula is C7H13Cl2N3O2. The SMILES string of the molecule is Cc1ncc(C[C@H](N)C(=O)O)[nH]1.Cl.Cl. The van der Waals surface area contributed by atoms with Gasteiger partial charge in [0.15, 0.2) is 0 Å². The summed E-state index contributed by atoms with van der Waals surface area (Å²) < 4.78 is 0. The lowest BCUT2D eigenvalue weighted by Crippen LogP contribution is -2.32. The fourth-order valence-electron chi connectivity index (χ4n) is 0.900. The average Bonchev–Trinajstić information content (AvgIpc) is 2.35. The number of H-pyrrole nitrogens is 1. The molecule has 82 valence electrons. The Morgan fingerprint density at radius 1 is 1.71 bits per heavy atom. The lowest BCUT2D eigenvalue weighted by molar-refractivity contribution is -0.138. The number of aromatic amines is 1. The monoisotopic (exact) mass is 241 g/mol. The molecule has 0 saturated heterocycles. The zero-order valence-electron chi connectivity index (χ0n) is 7.56. The Morgan fingerprint density at radius 3 is 2.64 bits per heavy atom. The lowest BCUT2D eigenvalue weighted by atomic mass is 10.2. The summed E-state index contributed by atoms with van der Waals surface area (Å²) in [5, 5.41) is 8.49. The molecule has 0 aromatic carbocycles. The molecule has 0 radical (unpaired) electrons. The number of halogens is 2. The standard InChI is InChI=1S/C7H11N3O2.2ClH/c1-4-9-3-5(10-4)2-6(8)7(11)12;;/h3,6H,2,8H2,1H3,(H,9,10)(H,11,12);2*1H/t6-;;/m0../s1. The number of carboxylic acid groups (broad SMARTS) is 1. The molecule has 0 aliphatic heterocycles. The molecule has 7 heteroatoms. The van der Waals surface area contributed by atoms with E-state index in [-0.39, 0.29) is 31.2 Å². The van der Waals surface area contributed by atoms with Crippen LogP contribution in [0.25, 0.3) is 0 Å². The number of rotatable bonds is 3. The van der Waals surface area contributed by atoms with E-state index in [1.807, 2.05) is 0 Å². The van der Waals surface area contributed by atoms with Crippen molar-refractivity contribution in [3.05, 3.63) is 17.7 Å². The fraction of sp³-hybridized carbons (Fsp3) is 0.429. The number of carbonyl (C=O) groups is 1. The highest BCUT2D eigenvalue weighted by Gasteiger charge is 2.12. The van der Waals surface area contributed by atoms with Crippen LogP contribution in [0.2, 0.25) is 0 Å². The van der Waals surface area contributed by atoms with Crippen molar-refractivity contribution in [1.29, 1.82) is 0 Å². The van der Waals surface area contributed by atoms with Crippen LogP contribution in [0.3, 0.4) is 0 Å². The highest BCUT2D eigenvalue weighted by Crippen LogP contribution is 1.98. The molecule has 4 N–H and O–H groups in total. The normalized spacial score (nSPS) is 11.0. The molecule has 0 saturated carbocycles. The van der Waals surface area contributed by atoms with Gasteiger partial charge in [-0.25, -0.2) is 4.98 Å². The summed E-state index contributed by atoms with van der Waals surface area (Å²) in [7, 11) is 0. The van der Waals surface area contributed by atoms with Gasteiger partial charge in [0.2, 0.25) is 0 Å². The number of imidazole rings is 1. The number of nitrogens with one attached hydrogen (secondary N) is 1. The fourth-order valence-corrected chi connectivity index (χ4v) is 0.900. The Bertz CT molecular complexity index is 290.